The van der Waals surface area contributed by atoms with Crippen LogP contribution in [-0.2, 0) is 6.42 Å². The van der Waals surface area contributed by atoms with Crippen molar-refractivity contribution in [3.8, 4) is 0 Å². The highest BCUT2D eigenvalue weighted by Crippen LogP contribution is 2.11. The van der Waals surface area contributed by atoms with Crippen molar-refractivity contribution in [1.82, 2.24) is 4.98 Å². The summed E-state index contributed by atoms with van der Waals surface area (Å²) < 4.78 is 0. The molecule has 1 N–H and O–H groups in total. The third-order valence-corrected chi connectivity index (χ3v) is 2.74. The zero-order chi connectivity index (χ0) is 13.0. The molecule has 0 fully saturated rings. The SMILES string of the molecule is CCc1ccc(NC(=O)c2cccc(C)n2)cc1. The van der Waals surface area contributed by atoms with Gasteiger partial charge in [-0.2, -0.15) is 0 Å². The minimum atomic E-state index is -0.178. The van der Waals surface area contributed by atoms with E-state index in [1.807, 2.05) is 43.3 Å². The highest BCUT2D eigenvalue weighted by molar-refractivity contribution is 6.02. The molecule has 1 amide bonds. The van der Waals surface area contributed by atoms with E-state index in [1.54, 1.807) is 6.07 Å². The number of benzene rings is 1. The first-order valence-electron chi connectivity index (χ1n) is 6.03. The van der Waals surface area contributed by atoms with E-state index in [4.69, 9.17) is 0 Å². The zero-order valence-corrected chi connectivity index (χ0v) is 10.6. The molecule has 3 nitrogen and oxygen atoms in total. The molecule has 0 radical (unpaired) electrons. The molecule has 1 heterocycles. The van der Waals surface area contributed by atoms with Crippen LogP contribution in [0.4, 0.5) is 5.69 Å². The molecular weight excluding hydrogens is 224 g/mol. The van der Waals surface area contributed by atoms with Crippen molar-refractivity contribution in [2.24, 2.45) is 0 Å². The molecule has 0 aliphatic heterocycles. The van der Waals surface area contributed by atoms with Gasteiger partial charge in [0, 0.05) is 11.4 Å². The quantitative estimate of drug-likeness (QED) is 0.895. The number of hydrogen-bond donors (Lipinski definition) is 1. The molecule has 0 saturated heterocycles. The smallest absolute Gasteiger partial charge is 0.274 e. The lowest BCUT2D eigenvalue weighted by Crippen LogP contribution is -2.13. The fourth-order valence-corrected chi connectivity index (χ4v) is 1.69. The van der Waals surface area contributed by atoms with Crippen LogP contribution in [0.1, 0.15) is 28.7 Å². The van der Waals surface area contributed by atoms with Gasteiger partial charge in [0.15, 0.2) is 0 Å². The average Bonchev–Trinajstić information content (AvgIpc) is 2.39. The van der Waals surface area contributed by atoms with Crippen LogP contribution in [0.2, 0.25) is 0 Å². The average molecular weight is 240 g/mol. The Morgan fingerprint density at radius 2 is 1.89 bits per heavy atom. The maximum Gasteiger partial charge on any atom is 0.274 e. The highest BCUT2D eigenvalue weighted by atomic mass is 16.1. The van der Waals surface area contributed by atoms with Gasteiger partial charge < -0.3 is 5.32 Å². The van der Waals surface area contributed by atoms with Gasteiger partial charge in [-0.3, -0.25) is 4.79 Å². The summed E-state index contributed by atoms with van der Waals surface area (Å²) in [5.74, 6) is -0.178. The number of carbonyl (C=O) groups excluding carboxylic acids is 1. The Bertz CT molecular complexity index is 547. The van der Waals surface area contributed by atoms with Gasteiger partial charge in [-0.1, -0.05) is 25.1 Å². The molecule has 2 aromatic rings. The van der Waals surface area contributed by atoms with Crippen LogP contribution in [0.3, 0.4) is 0 Å². The fourth-order valence-electron chi connectivity index (χ4n) is 1.69. The minimum absolute atomic E-state index is 0.178. The summed E-state index contributed by atoms with van der Waals surface area (Å²) in [4.78, 5) is 16.1. The number of pyridine rings is 1. The maximum absolute atomic E-state index is 11.9. The Hall–Kier alpha value is -2.16. The van der Waals surface area contributed by atoms with Crippen LogP contribution in [0.25, 0.3) is 0 Å². The molecule has 1 aromatic heterocycles. The minimum Gasteiger partial charge on any atom is -0.321 e. The molecule has 0 spiro atoms. The van der Waals surface area contributed by atoms with Crippen LogP contribution in [0.5, 0.6) is 0 Å². The highest BCUT2D eigenvalue weighted by Gasteiger charge is 2.07. The Labute approximate surface area is 107 Å². The zero-order valence-electron chi connectivity index (χ0n) is 10.6. The van der Waals surface area contributed by atoms with Crippen molar-refractivity contribution >= 4 is 11.6 Å². The first-order chi connectivity index (χ1) is 8.69. The summed E-state index contributed by atoms with van der Waals surface area (Å²) in [6, 6.07) is 13.3. The fraction of sp³-hybridized carbons (Fsp3) is 0.200. The first kappa shape index (κ1) is 12.3. The second-order valence-corrected chi connectivity index (χ2v) is 4.17. The molecule has 92 valence electrons. The number of hydrogen-bond acceptors (Lipinski definition) is 2. The molecule has 0 aliphatic rings. The van der Waals surface area contributed by atoms with Gasteiger partial charge in [-0.25, -0.2) is 4.98 Å². The molecule has 0 atom stereocenters. The number of nitrogens with zero attached hydrogens (tertiary/aromatic N) is 1. The van der Waals surface area contributed by atoms with E-state index >= 15 is 0 Å². The number of aryl methyl sites for hydroxylation is 2. The molecule has 3 heteroatoms. The number of amides is 1. The largest absolute Gasteiger partial charge is 0.321 e. The van der Waals surface area contributed by atoms with Crippen molar-refractivity contribution in [1.29, 1.82) is 0 Å². The monoisotopic (exact) mass is 240 g/mol. The van der Waals surface area contributed by atoms with Gasteiger partial charge >= 0.3 is 0 Å². The predicted octanol–water partition coefficient (Wildman–Crippen LogP) is 3.20. The van der Waals surface area contributed by atoms with Gasteiger partial charge in [0.2, 0.25) is 0 Å². The van der Waals surface area contributed by atoms with Crippen LogP contribution < -0.4 is 5.32 Å². The molecule has 0 saturated carbocycles. The summed E-state index contributed by atoms with van der Waals surface area (Å²) in [5.41, 5.74) is 3.32. The maximum atomic E-state index is 11.9. The van der Waals surface area contributed by atoms with E-state index in [0.29, 0.717) is 5.69 Å². The van der Waals surface area contributed by atoms with E-state index in [0.717, 1.165) is 17.8 Å². The second kappa shape index (κ2) is 5.45. The van der Waals surface area contributed by atoms with E-state index in [9.17, 15) is 4.79 Å². The molecule has 2 rings (SSSR count). The predicted molar refractivity (Wildman–Crippen MR) is 72.7 cm³/mol. The topological polar surface area (TPSA) is 42.0 Å². The Morgan fingerprint density at radius 3 is 2.50 bits per heavy atom. The Morgan fingerprint density at radius 1 is 1.17 bits per heavy atom. The lowest BCUT2D eigenvalue weighted by Gasteiger charge is -2.06. The van der Waals surface area contributed by atoms with Gasteiger partial charge in [0.1, 0.15) is 5.69 Å². The van der Waals surface area contributed by atoms with Crippen LogP contribution in [-0.4, -0.2) is 10.9 Å². The third kappa shape index (κ3) is 2.94. The van der Waals surface area contributed by atoms with E-state index < -0.39 is 0 Å². The molecule has 0 aliphatic carbocycles. The van der Waals surface area contributed by atoms with E-state index in [1.165, 1.54) is 5.56 Å². The van der Waals surface area contributed by atoms with Crippen molar-refractivity contribution in [3.63, 3.8) is 0 Å². The van der Waals surface area contributed by atoms with Crippen LogP contribution in [0.15, 0.2) is 42.5 Å². The van der Waals surface area contributed by atoms with E-state index in [-0.39, 0.29) is 5.91 Å². The lowest BCUT2D eigenvalue weighted by atomic mass is 10.1. The summed E-state index contributed by atoms with van der Waals surface area (Å²) in [6.07, 6.45) is 0.994. The molecule has 0 unspecified atom stereocenters. The number of anilines is 1. The van der Waals surface area contributed by atoms with Crippen molar-refractivity contribution in [3.05, 3.63) is 59.4 Å². The summed E-state index contributed by atoms with van der Waals surface area (Å²) in [7, 11) is 0. The summed E-state index contributed by atoms with van der Waals surface area (Å²) in [6.45, 7) is 3.97. The normalized spacial score (nSPS) is 10.1. The summed E-state index contributed by atoms with van der Waals surface area (Å²) >= 11 is 0. The van der Waals surface area contributed by atoms with Crippen molar-refractivity contribution in [2.75, 3.05) is 5.32 Å². The first-order valence-corrected chi connectivity index (χ1v) is 6.03. The van der Waals surface area contributed by atoms with Crippen LogP contribution in [0, 0.1) is 6.92 Å². The standard InChI is InChI=1S/C15H16N2O/c1-3-12-7-9-13(10-8-12)17-15(18)14-6-4-5-11(2)16-14/h4-10H,3H2,1-2H3,(H,17,18). The number of carbonyl (C=O) groups is 1. The van der Waals surface area contributed by atoms with Gasteiger partial charge in [0.05, 0.1) is 0 Å². The number of rotatable bonds is 3. The lowest BCUT2D eigenvalue weighted by molar-refractivity contribution is 0.102. The third-order valence-electron chi connectivity index (χ3n) is 2.74. The van der Waals surface area contributed by atoms with Crippen molar-refractivity contribution < 1.29 is 4.79 Å². The molecule has 1 aromatic carbocycles. The number of aromatic nitrogens is 1. The summed E-state index contributed by atoms with van der Waals surface area (Å²) in [5, 5.41) is 2.84. The van der Waals surface area contributed by atoms with Crippen LogP contribution >= 0.6 is 0 Å². The van der Waals surface area contributed by atoms with Gasteiger partial charge in [0.25, 0.3) is 5.91 Å². The van der Waals surface area contributed by atoms with Gasteiger partial charge in [-0.15, -0.1) is 0 Å². The van der Waals surface area contributed by atoms with Crippen molar-refractivity contribution in [2.45, 2.75) is 20.3 Å². The molecule has 0 bridgehead atoms. The number of nitrogens with one attached hydrogen (secondary N) is 1. The van der Waals surface area contributed by atoms with Gasteiger partial charge in [-0.05, 0) is 43.2 Å². The Kier molecular flexibility index (Phi) is 3.72. The molecular formula is C15H16N2O. The second-order valence-electron chi connectivity index (χ2n) is 4.17. The Balaban J connectivity index is 2.11. The van der Waals surface area contributed by atoms with E-state index in [2.05, 4.69) is 17.2 Å². The molecule has 18 heavy (non-hydrogen) atoms.